The molecule has 5 nitrogen and oxygen atoms in total. The van der Waals surface area contributed by atoms with Gasteiger partial charge in [0.25, 0.3) is 0 Å². The first-order valence-corrected chi connectivity index (χ1v) is 9.17. The van der Waals surface area contributed by atoms with E-state index in [4.69, 9.17) is 9.15 Å². The van der Waals surface area contributed by atoms with E-state index in [1.54, 1.807) is 6.26 Å². The average molecular weight is 364 g/mol. The lowest BCUT2D eigenvalue weighted by atomic mass is 10.1. The van der Waals surface area contributed by atoms with E-state index in [1.807, 2.05) is 61.5 Å². The van der Waals surface area contributed by atoms with Gasteiger partial charge in [-0.1, -0.05) is 35.9 Å². The fourth-order valence-corrected chi connectivity index (χ4v) is 2.61. The first-order valence-electron chi connectivity index (χ1n) is 9.17. The second-order valence-electron chi connectivity index (χ2n) is 6.38. The predicted molar refractivity (Wildman–Crippen MR) is 105 cm³/mol. The molecule has 5 heteroatoms. The summed E-state index contributed by atoms with van der Waals surface area (Å²) in [7, 11) is 0. The van der Waals surface area contributed by atoms with Crippen LogP contribution in [0.5, 0.6) is 5.75 Å². The highest BCUT2D eigenvalue weighted by atomic mass is 16.5. The van der Waals surface area contributed by atoms with Crippen molar-refractivity contribution >= 4 is 5.91 Å². The van der Waals surface area contributed by atoms with Gasteiger partial charge in [0.05, 0.1) is 12.3 Å². The Hall–Kier alpha value is -3.08. The molecule has 1 heterocycles. The van der Waals surface area contributed by atoms with Gasteiger partial charge in [0.2, 0.25) is 11.8 Å². The van der Waals surface area contributed by atoms with Gasteiger partial charge in [-0.05, 0) is 37.6 Å². The number of aryl methyl sites for hydroxylation is 1. The standard InChI is InChI=1S/C22H24N2O3/c1-17-9-11-18(12-10-17)22-24-19(16-27-22)13-14-23-21(25)8-5-15-26-20-6-3-2-4-7-20/h2-4,6-7,9-12,16H,5,8,13-15H2,1H3,(H,23,25). The molecule has 1 aromatic heterocycles. The monoisotopic (exact) mass is 364 g/mol. The van der Waals surface area contributed by atoms with Crippen molar-refractivity contribution < 1.29 is 13.9 Å². The third kappa shape index (κ3) is 5.99. The second kappa shape index (κ2) is 9.57. The molecule has 0 spiro atoms. The highest BCUT2D eigenvalue weighted by molar-refractivity contribution is 5.75. The Morgan fingerprint density at radius 1 is 1.11 bits per heavy atom. The normalized spacial score (nSPS) is 10.6. The third-order valence-electron chi connectivity index (χ3n) is 4.11. The number of benzene rings is 2. The van der Waals surface area contributed by atoms with E-state index in [9.17, 15) is 4.79 Å². The minimum atomic E-state index is 0.0221. The van der Waals surface area contributed by atoms with E-state index in [0.29, 0.717) is 38.3 Å². The van der Waals surface area contributed by atoms with Crippen LogP contribution in [0, 0.1) is 6.92 Å². The number of nitrogens with zero attached hydrogens (tertiary/aromatic N) is 1. The molecule has 1 N–H and O–H groups in total. The Bertz CT molecular complexity index is 842. The number of amides is 1. The summed E-state index contributed by atoms with van der Waals surface area (Å²) in [6, 6.07) is 17.6. The van der Waals surface area contributed by atoms with Crippen molar-refractivity contribution in [1.29, 1.82) is 0 Å². The van der Waals surface area contributed by atoms with Gasteiger partial charge < -0.3 is 14.5 Å². The molecule has 0 aliphatic rings. The molecule has 0 aliphatic carbocycles. The first kappa shape index (κ1) is 18.7. The van der Waals surface area contributed by atoms with Crippen molar-refractivity contribution in [1.82, 2.24) is 10.3 Å². The van der Waals surface area contributed by atoms with Crippen LogP contribution in [-0.4, -0.2) is 24.0 Å². The average Bonchev–Trinajstić information content (AvgIpc) is 3.15. The molecule has 3 aromatic rings. The van der Waals surface area contributed by atoms with Gasteiger partial charge in [0.15, 0.2) is 0 Å². The van der Waals surface area contributed by atoms with Gasteiger partial charge >= 0.3 is 0 Å². The van der Waals surface area contributed by atoms with Crippen LogP contribution in [0.4, 0.5) is 0 Å². The van der Waals surface area contributed by atoms with E-state index in [0.717, 1.165) is 17.0 Å². The van der Waals surface area contributed by atoms with Gasteiger partial charge in [-0.15, -0.1) is 0 Å². The zero-order valence-electron chi connectivity index (χ0n) is 15.5. The third-order valence-corrected chi connectivity index (χ3v) is 4.11. The van der Waals surface area contributed by atoms with Crippen LogP contribution in [0.2, 0.25) is 0 Å². The van der Waals surface area contributed by atoms with E-state index >= 15 is 0 Å². The minimum absolute atomic E-state index is 0.0221. The summed E-state index contributed by atoms with van der Waals surface area (Å²) in [5, 5.41) is 2.91. The lowest BCUT2D eigenvalue weighted by Crippen LogP contribution is -2.25. The molecule has 27 heavy (non-hydrogen) atoms. The number of hydrogen-bond acceptors (Lipinski definition) is 4. The van der Waals surface area contributed by atoms with Crippen LogP contribution in [0.15, 0.2) is 65.3 Å². The number of ether oxygens (including phenoxy) is 1. The topological polar surface area (TPSA) is 64.4 Å². The smallest absolute Gasteiger partial charge is 0.226 e. The summed E-state index contributed by atoms with van der Waals surface area (Å²) in [6.07, 6.45) is 3.42. The summed E-state index contributed by atoms with van der Waals surface area (Å²) in [6.45, 7) is 3.11. The largest absolute Gasteiger partial charge is 0.494 e. The maximum Gasteiger partial charge on any atom is 0.226 e. The summed E-state index contributed by atoms with van der Waals surface area (Å²) in [5.74, 6) is 1.46. The summed E-state index contributed by atoms with van der Waals surface area (Å²) < 4.78 is 11.1. The predicted octanol–water partition coefficient (Wildman–Crippen LogP) is 4.17. The number of rotatable bonds is 9. The van der Waals surface area contributed by atoms with E-state index < -0.39 is 0 Å². The molecule has 0 aliphatic heterocycles. The second-order valence-corrected chi connectivity index (χ2v) is 6.38. The summed E-state index contributed by atoms with van der Waals surface area (Å²) in [4.78, 5) is 16.4. The molecule has 0 saturated heterocycles. The molecule has 0 radical (unpaired) electrons. The maximum absolute atomic E-state index is 11.9. The van der Waals surface area contributed by atoms with Crippen molar-refractivity contribution in [2.75, 3.05) is 13.2 Å². The summed E-state index contributed by atoms with van der Waals surface area (Å²) >= 11 is 0. The number of para-hydroxylation sites is 1. The lowest BCUT2D eigenvalue weighted by Gasteiger charge is -2.06. The highest BCUT2D eigenvalue weighted by Crippen LogP contribution is 2.19. The van der Waals surface area contributed by atoms with Crippen molar-refractivity contribution in [3.05, 3.63) is 72.1 Å². The quantitative estimate of drug-likeness (QED) is 0.579. The van der Waals surface area contributed by atoms with Crippen molar-refractivity contribution in [3.63, 3.8) is 0 Å². The summed E-state index contributed by atoms with van der Waals surface area (Å²) in [5.41, 5.74) is 2.98. The number of oxazole rings is 1. The van der Waals surface area contributed by atoms with E-state index in [1.165, 1.54) is 5.56 Å². The molecular formula is C22H24N2O3. The van der Waals surface area contributed by atoms with E-state index in [-0.39, 0.29) is 5.91 Å². The molecular weight excluding hydrogens is 340 g/mol. The number of aromatic nitrogens is 1. The van der Waals surface area contributed by atoms with Crippen LogP contribution >= 0.6 is 0 Å². The number of nitrogens with one attached hydrogen (secondary N) is 1. The number of hydrogen-bond donors (Lipinski definition) is 1. The molecule has 140 valence electrons. The van der Waals surface area contributed by atoms with Crippen molar-refractivity contribution in [2.45, 2.75) is 26.2 Å². The number of carbonyl (C=O) groups excluding carboxylic acids is 1. The van der Waals surface area contributed by atoms with Crippen molar-refractivity contribution in [2.24, 2.45) is 0 Å². The Balaban J connectivity index is 1.33. The Labute approximate surface area is 159 Å². The molecule has 0 bridgehead atoms. The molecule has 0 saturated carbocycles. The molecule has 0 atom stereocenters. The minimum Gasteiger partial charge on any atom is -0.494 e. The molecule has 1 amide bonds. The van der Waals surface area contributed by atoms with Crippen LogP contribution in [0.1, 0.15) is 24.1 Å². The highest BCUT2D eigenvalue weighted by Gasteiger charge is 2.07. The Morgan fingerprint density at radius 2 is 1.89 bits per heavy atom. The number of carbonyl (C=O) groups is 1. The maximum atomic E-state index is 11.9. The van der Waals surface area contributed by atoms with Crippen LogP contribution in [0.3, 0.4) is 0 Å². The van der Waals surface area contributed by atoms with Gasteiger partial charge in [-0.25, -0.2) is 4.98 Å². The van der Waals surface area contributed by atoms with Gasteiger partial charge in [0, 0.05) is 24.9 Å². The lowest BCUT2D eigenvalue weighted by molar-refractivity contribution is -0.121. The van der Waals surface area contributed by atoms with Crippen LogP contribution < -0.4 is 10.1 Å². The van der Waals surface area contributed by atoms with Gasteiger partial charge in [0.1, 0.15) is 12.0 Å². The first-order chi connectivity index (χ1) is 13.2. The van der Waals surface area contributed by atoms with Gasteiger partial charge in [-0.3, -0.25) is 4.79 Å². The molecule has 3 rings (SSSR count). The van der Waals surface area contributed by atoms with Crippen molar-refractivity contribution in [3.8, 4) is 17.2 Å². The molecule has 0 unspecified atom stereocenters. The Kier molecular flexibility index (Phi) is 6.63. The van der Waals surface area contributed by atoms with Gasteiger partial charge in [-0.2, -0.15) is 0 Å². The molecule has 0 fully saturated rings. The van der Waals surface area contributed by atoms with Crippen LogP contribution in [-0.2, 0) is 11.2 Å². The molecule has 2 aromatic carbocycles. The Morgan fingerprint density at radius 3 is 2.67 bits per heavy atom. The fourth-order valence-electron chi connectivity index (χ4n) is 2.61. The SMILES string of the molecule is Cc1ccc(-c2nc(CCNC(=O)CCCOc3ccccc3)co2)cc1. The fraction of sp³-hybridized carbons (Fsp3) is 0.273. The zero-order valence-corrected chi connectivity index (χ0v) is 15.5. The zero-order chi connectivity index (χ0) is 18.9. The van der Waals surface area contributed by atoms with Crippen LogP contribution in [0.25, 0.3) is 11.5 Å². The van der Waals surface area contributed by atoms with E-state index in [2.05, 4.69) is 10.3 Å².